The highest BCUT2D eigenvalue weighted by molar-refractivity contribution is 7.89. The molecule has 0 unspecified atom stereocenters. The first-order valence-electron chi connectivity index (χ1n) is 11.3. The lowest BCUT2D eigenvalue weighted by molar-refractivity contribution is 0.149. The minimum atomic E-state index is -3.56. The average Bonchev–Trinajstić information content (AvgIpc) is 2.84. The Balaban J connectivity index is 1.23. The van der Waals surface area contributed by atoms with E-state index in [9.17, 15) is 12.8 Å². The van der Waals surface area contributed by atoms with Gasteiger partial charge in [0.25, 0.3) is 0 Å². The number of fused-ring (bicyclic) bond motifs is 1. The molecule has 1 aliphatic rings. The van der Waals surface area contributed by atoms with Crippen LogP contribution in [0.15, 0.2) is 65.8 Å². The second-order valence-corrected chi connectivity index (χ2v) is 10.6. The van der Waals surface area contributed by atoms with Gasteiger partial charge in [-0.15, -0.1) is 0 Å². The number of likely N-dealkylation sites (tertiary alicyclic amines) is 1. The highest BCUT2D eigenvalue weighted by atomic mass is 32.2. The molecule has 3 aromatic rings. The quantitative estimate of drug-likeness (QED) is 0.469. The van der Waals surface area contributed by atoms with Crippen LogP contribution in [0, 0.1) is 11.7 Å². The van der Waals surface area contributed by atoms with Crippen LogP contribution in [0.1, 0.15) is 19.3 Å². The standard InChI is InChI=1S/C25H30FN3O3S/c1-28(33(30,31)25-4-2-3-21-19-27-13-9-24(21)25)14-10-20-11-15-29(16-12-20)17-18-32-23-7-5-22(26)6-8-23/h2-9,13,19-20H,10-12,14-18H2,1H3. The third kappa shape index (κ3) is 5.88. The normalized spacial score (nSPS) is 15.8. The van der Waals surface area contributed by atoms with Crippen LogP contribution in [0.25, 0.3) is 10.8 Å². The molecule has 33 heavy (non-hydrogen) atoms. The van der Waals surface area contributed by atoms with Crippen molar-refractivity contribution in [3.8, 4) is 5.75 Å². The summed E-state index contributed by atoms with van der Waals surface area (Å²) in [4.78, 5) is 6.79. The van der Waals surface area contributed by atoms with Crippen molar-refractivity contribution in [1.82, 2.24) is 14.2 Å². The van der Waals surface area contributed by atoms with Crippen LogP contribution in [0.4, 0.5) is 4.39 Å². The van der Waals surface area contributed by atoms with E-state index in [1.807, 2.05) is 6.07 Å². The zero-order valence-electron chi connectivity index (χ0n) is 18.9. The number of aromatic nitrogens is 1. The second kappa shape index (κ2) is 10.6. The number of benzene rings is 2. The molecule has 0 amide bonds. The number of hydrogen-bond acceptors (Lipinski definition) is 5. The van der Waals surface area contributed by atoms with E-state index < -0.39 is 10.0 Å². The van der Waals surface area contributed by atoms with Crippen LogP contribution in [0.2, 0.25) is 0 Å². The summed E-state index contributed by atoms with van der Waals surface area (Å²) in [6, 6.07) is 13.1. The van der Waals surface area contributed by atoms with Gasteiger partial charge in [-0.1, -0.05) is 12.1 Å². The monoisotopic (exact) mass is 471 g/mol. The summed E-state index contributed by atoms with van der Waals surface area (Å²) in [5.74, 6) is 0.920. The fourth-order valence-electron chi connectivity index (χ4n) is 4.29. The summed E-state index contributed by atoms with van der Waals surface area (Å²) >= 11 is 0. The Labute approximate surface area is 195 Å². The molecule has 0 saturated carbocycles. The molecule has 1 saturated heterocycles. The Hall–Kier alpha value is -2.55. The van der Waals surface area contributed by atoms with Gasteiger partial charge in [-0.05, 0) is 74.7 Å². The van der Waals surface area contributed by atoms with Crippen molar-refractivity contribution in [2.45, 2.75) is 24.2 Å². The van der Waals surface area contributed by atoms with Gasteiger partial charge >= 0.3 is 0 Å². The molecule has 176 valence electrons. The zero-order valence-corrected chi connectivity index (χ0v) is 19.7. The summed E-state index contributed by atoms with van der Waals surface area (Å²) in [6.07, 6.45) is 6.25. The van der Waals surface area contributed by atoms with Crippen molar-refractivity contribution in [3.63, 3.8) is 0 Å². The molecule has 2 aromatic carbocycles. The van der Waals surface area contributed by atoms with Gasteiger partial charge < -0.3 is 4.74 Å². The third-order valence-corrected chi connectivity index (χ3v) is 8.29. The predicted octanol–water partition coefficient (Wildman–Crippen LogP) is 4.18. The van der Waals surface area contributed by atoms with E-state index in [-0.39, 0.29) is 5.82 Å². The molecule has 0 atom stereocenters. The van der Waals surface area contributed by atoms with Gasteiger partial charge in [-0.2, -0.15) is 0 Å². The molecule has 0 spiro atoms. The van der Waals surface area contributed by atoms with E-state index in [0.29, 0.717) is 35.1 Å². The van der Waals surface area contributed by atoms with Crippen LogP contribution < -0.4 is 4.74 Å². The molecule has 0 radical (unpaired) electrons. The first kappa shape index (κ1) is 23.6. The molecular weight excluding hydrogens is 441 g/mol. The van der Waals surface area contributed by atoms with Crippen molar-refractivity contribution < 1.29 is 17.5 Å². The second-order valence-electron chi connectivity index (χ2n) is 8.56. The van der Waals surface area contributed by atoms with E-state index in [0.717, 1.165) is 44.3 Å². The maximum Gasteiger partial charge on any atom is 0.243 e. The van der Waals surface area contributed by atoms with Gasteiger partial charge in [0.15, 0.2) is 0 Å². The van der Waals surface area contributed by atoms with Gasteiger partial charge in [-0.3, -0.25) is 9.88 Å². The molecule has 1 aliphatic heterocycles. The fraction of sp³-hybridized carbons (Fsp3) is 0.400. The van der Waals surface area contributed by atoms with E-state index in [4.69, 9.17) is 4.74 Å². The van der Waals surface area contributed by atoms with Gasteiger partial charge in [0.2, 0.25) is 10.0 Å². The number of rotatable bonds is 9. The molecule has 1 fully saturated rings. The van der Waals surface area contributed by atoms with Crippen LogP contribution >= 0.6 is 0 Å². The maximum atomic E-state index is 13.2. The van der Waals surface area contributed by atoms with E-state index in [2.05, 4.69) is 9.88 Å². The lowest BCUT2D eigenvalue weighted by Gasteiger charge is -2.32. The Morgan fingerprint density at radius 3 is 2.64 bits per heavy atom. The summed E-state index contributed by atoms with van der Waals surface area (Å²) in [5, 5.41) is 1.53. The lowest BCUT2D eigenvalue weighted by Crippen LogP contribution is -2.37. The minimum Gasteiger partial charge on any atom is -0.492 e. The zero-order chi connectivity index (χ0) is 23.3. The van der Waals surface area contributed by atoms with Gasteiger partial charge in [0, 0.05) is 43.3 Å². The molecule has 1 aromatic heterocycles. The van der Waals surface area contributed by atoms with E-state index >= 15 is 0 Å². The summed E-state index contributed by atoms with van der Waals surface area (Å²) in [6.45, 7) is 3.85. The van der Waals surface area contributed by atoms with Gasteiger partial charge in [-0.25, -0.2) is 17.1 Å². The molecule has 8 heteroatoms. The fourth-order valence-corrected chi connectivity index (χ4v) is 5.69. The smallest absolute Gasteiger partial charge is 0.243 e. The molecule has 0 aliphatic carbocycles. The number of hydrogen-bond donors (Lipinski definition) is 0. The number of pyridine rings is 1. The Morgan fingerprint density at radius 2 is 1.88 bits per heavy atom. The maximum absolute atomic E-state index is 13.2. The van der Waals surface area contributed by atoms with Crippen molar-refractivity contribution in [1.29, 1.82) is 0 Å². The number of halogens is 1. The first-order valence-corrected chi connectivity index (χ1v) is 12.8. The molecule has 6 nitrogen and oxygen atoms in total. The number of piperidine rings is 1. The highest BCUT2D eigenvalue weighted by Crippen LogP contribution is 2.26. The minimum absolute atomic E-state index is 0.266. The molecule has 0 bridgehead atoms. The molecule has 4 rings (SSSR count). The predicted molar refractivity (Wildman–Crippen MR) is 127 cm³/mol. The number of ether oxygens (including phenoxy) is 1. The Kier molecular flexibility index (Phi) is 7.57. The Bertz CT molecular complexity index is 1160. The van der Waals surface area contributed by atoms with Crippen LogP contribution in [0.5, 0.6) is 5.75 Å². The lowest BCUT2D eigenvalue weighted by atomic mass is 9.93. The largest absolute Gasteiger partial charge is 0.492 e. The van der Waals surface area contributed by atoms with Crippen LogP contribution in [-0.4, -0.2) is 62.4 Å². The number of sulfonamides is 1. The highest BCUT2D eigenvalue weighted by Gasteiger charge is 2.25. The van der Waals surface area contributed by atoms with Crippen LogP contribution in [0.3, 0.4) is 0 Å². The topological polar surface area (TPSA) is 62.7 Å². The van der Waals surface area contributed by atoms with Crippen molar-refractivity contribution in [2.75, 3.05) is 39.8 Å². The molecule has 2 heterocycles. The Morgan fingerprint density at radius 1 is 1.12 bits per heavy atom. The van der Waals surface area contributed by atoms with Gasteiger partial charge in [0.1, 0.15) is 18.2 Å². The average molecular weight is 472 g/mol. The van der Waals surface area contributed by atoms with Crippen molar-refractivity contribution in [2.24, 2.45) is 5.92 Å². The van der Waals surface area contributed by atoms with Gasteiger partial charge in [0.05, 0.1) is 4.90 Å². The first-order chi connectivity index (χ1) is 15.9. The van der Waals surface area contributed by atoms with E-state index in [1.54, 1.807) is 49.8 Å². The summed E-state index contributed by atoms with van der Waals surface area (Å²) in [5.41, 5.74) is 0. The SMILES string of the molecule is CN(CCC1CCN(CCOc2ccc(F)cc2)CC1)S(=O)(=O)c1cccc2cnccc12. The van der Waals surface area contributed by atoms with Crippen molar-refractivity contribution in [3.05, 3.63) is 66.7 Å². The molecule has 0 N–H and O–H groups in total. The number of nitrogens with zero attached hydrogens (tertiary/aromatic N) is 3. The van der Waals surface area contributed by atoms with Crippen molar-refractivity contribution >= 4 is 20.8 Å². The molecular formula is C25H30FN3O3S. The van der Waals surface area contributed by atoms with E-state index in [1.165, 1.54) is 16.4 Å². The summed E-state index contributed by atoms with van der Waals surface area (Å²) in [7, 11) is -1.90. The van der Waals surface area contributed by atoms with Crippen LogP contribution in [-0.2, 0) is 10.0 Å². The summed E-state index contributed by atoms with van der Waals surface area (Å²) < 4.78 is 46.5. The third-order valence-electron chi connectivity index (χ3n) is 6.38.